The molecule has 100 valence electrons. The summed E-state index contributed by atoms with van der Waals surface area (Å²) in [5.41, 5.74) is 3.59. The predicted octanol–water partition coefficient (Wildman–Crippen LogP) is 2.72. The Morgan fingerprint density at radius 1 is 1.26 bits per heavy atom. The molecule has 0 spiro atoms. The Hall–Kier alpha value is -2.08. The summed E-state index contributed by atoms with van der Waals surface area (Å²) in [6.45, 7) is 1.89. The van der Waals surface area contributed by atoms with Gasteiger partial charge in [0.1, 0.15) is 5.69 Å². The van der Waals surface area contributed by atoms with E-state index in [0.717, 1.165) is 5.56 Å². The van der Waals surface area contributed by atoms with Gasteiger partial charge in [-0.2, -0.15) is 0 Å². The van der Waals surface area contributed by atoms with Crippen molar-refractivity contribution < 1.29 is 14.3 Å². The van der Waals surface area contributed by atoms with E-state index in [1.54, 1.807) is 31.2 Å². The van der Waals surface area contributed by atoms with Crippen LogP contribution in [0.5, 0.6) is 11.5 Å². The summed E-state index contributed by atoms with van der Waals surface area (Å²) in [5, 5.41) is 4.51. The lowest BCUT2D eigenvalue weighted by atomic mass is 10.1. The molecular weight excluding hydrogens is 264 g/mol. The lowest BCUT2D eigenvalue weighted by Crippen LogP contribution is -2.13. The van der Waals surface area contributed by atoms with Crippen molar-refractivity contribution in [2.24, 2.45) is 0 Å². The van der Waals surface area contributed by atoms with E-state index in [-0.39, 0.29) is 5.91 Å². The Morgan fingerprint density at radius 2 is 1.95 bits per heavy atom. The first-order chi connectivity index (χ1) is 9.15. The second kappa shape index (κ2) is 5.71. The van der Waals surface area contributed by atoms with E-state index in [0.29, 0.717) is 22.9 Å². The Kier molecular flexibility index (Phi) is 4.01. The number of aryl methyl sites for hydroxylation is 1. The molecular formula is C13H14N2O3S. The number of carbonyl (C=O) groups excluding carboxylic acids is 1. The van der Waals surface area contributed by atoms with Crippen LogP contribution in [0.25, 0.3) is 0 Å². The summed E-state index contributed by atoms with van der Waals surface area (Å²) in [4.78, 5) is 15.9. The van der Waals surface area contributed by atoms with Gasteiger partial charge in [-0.1, -0.05) is 0 Å². The maximum Gasteiger partial charge on any atom is 0.275 e. The molecule has 0 saturated heterocycles. The van der Waals surface area contributed by atoms with Gasteiger partial charge in [-0.3, -0.25) is 4.79 Å². The maximum absolute atomic E-state index is 11.9. The van der Waals surface area contributed by atoms with Crippen molar-refractivity contribution in [3.8, 4) is 11.5 Å². The van der Waals surface area contributed by atoms with Crippen LogP contribution in [0.2, 0.25) is 0 Å². The van der Waals surface area contributed by atoms with E-state index in [1.165, 1.54) is 11.3 Å². The normalized spacial score (nSPS) is 10.1. The van der Waals surface area contributed by atoms with Gasteiger partial charge in [0, 0.05) is 17.1 Å². The van der Waals surface area contributed by atoms with Gasteiger partial charge in [-0.25, -0.2) is 4.98 Å². The Bertz CT molecular complexity index is 582. The highest BCUT2D eigenvalue weighted by molar-refractivity contribution is 7.07. The largest absolute Gasteiger partial charge is 0.493 e. The first-order valence-electron chi connectivity index (χ1n) is 5.58. The number of rotatable bonds is 4. The van der Waals surface area contributed by atoms with Crippen LogP contribution in [-0.4, -0.2) is 25.1 Å². The van der Waals surface area contributed by atoms with Crippen LogP contribution in [0.1, 0.15) is 16.1 Å². The van der Waals surface area contributed by atoms with Gasteiger partial charge in [-0.15, -0.1) is 11.3 Å². The zero-order valence-corrected chi connectivity index (χ0v) is 11.7. The number of thiazole rings is 1. The van der Waals surface area contributed by atoms with Crippen LogP contribution in [0, 0.1) is 6.92 Å². The highest BCUT2D eigenvalue weighted by Crippen LogP contribution is 2.33. The van der Waals surface area contributed by atoms with Crippen LogP contribution in [-0.2, 0) is 0 Å². The van der Waals surface area contributed by atoms with Crippen molar-refractivity contribution in [1.29, 1.82) is 0 Å². The van der Waals surface area contributed by atoms with Gasteiger partial charge >= 0.3 is 0 Å². The molecule has 0 aliphatic heterocycles. The minimum absolute atomic E-state index is 0.239. The fourth-order valence-electron chi connectivity index (χ4n) is 1.63. The molecule has 19 heavy (non-hydrogen) atoms. The maximum atomic E-state index is 11.9. The molecule has 0 fully saturated rings. The number of benzene rings is 1. The molecule has 1 N–H and O–H groups in total. The summed E-state index contributed by atoms with van der Waals surface area (Å²) in [7, 11) is 3.13. The third-order valence-corrected chi connectivity index (χ3v) is 3.23. The third-order valence-electron chi connectivity index (χ3n) is 2.64. The van der Waals surface area contributed by atoms with Crippen LogP contribution >= 0.6 is 11.3 Å². The fourth-order valence-corrected chi connectivity index (χ4v) is 2.16. The van der Waals surface area contributed by atoms with E-state index >= 15 is 0 Å². The summed E-state index contributed by atoms with van der Waals surface area (Å²) in [6.07, 6.45) is 0. The van der Waals surface area contributed by atoms with E-state index in [9.17, 15) is 4.79 Å². The second-order valence-corrected chi connectivity index (χ2v) is 4.57. The summed E-state index contributed by atoms with van der Waals surface area (Å²) >= 11 is 1.38. The number of hydrogen-bond donors (Lipinski definition) is 1. The van der Waals surface area contributed by atoms with E-state index in [2.05, 4.69) is 10.3 Å². The second-order valence-electron chi connectivity index (χ2n) is 3.85. The molecule has 0 saturated carbocycles. The van der Waals surface area contributed by atoms with Gasteiger partial charge in [0.25, 0.3) is 5.91 Å². The molecule has 0 bridgehead atoms. The topological polar surface area (TPSA) is 60.5 Å². The fraction of sp³-hybridized carbons (Fsp3) is 0.231. The van der Waals surface area contributed by atoms with E-state index in [4.69, 9.17) is 9.47 Å². The minimum atomic E-state index is -0.239. The summed E-state index contributed by atoms with van der Waals surface area (Å²) in [5.74, 6) is 0.963. The SMILES string of the molecule is COc1cc(C)c(NC(=O)c2cscn2)cc1OC. The van der Waals surface area contributed by atoms with Gasteiger partial charge in [0.05, 0.1) is 19.7 Å². The van der Waals surface area contributed by atoms with Gasteiger partial charge in [0.15, 0.2) is 11.5 Å². The number of methoxy groups -OCH3 is 2. The van der Waals surface area contributed by atoms with E-state index in [1.807, 2.05) is 13.0 Å². The molecule has 1 aromatic carbocycles. The van der Waals surface area contributed by atoms with Crippen LogP contribution < -0.4 is 14.8 Å². The zero-order chi connectivity index (χ0) is 13.8. The standard InChI is InChI=1S/C13H14N2O3S/c1-8-4-11(17-2)12(18-3)5-9(8)15-13(16)10-6-19-7-14-10/h4-7H,1-3H3,(H,15,16). The Balaban J connectivity index is 2.28. The number of carbonyl (C=O) groups is 1. The molecule has 2 aromatic rings. The Morgan fingerprint density at radius 3 is 2.53 bits per heavy atom. The molecule has 2 rings (SSSR count). The molecule has 0 radical (unpaired) electrons. The first-order valence-corrected chi connectivity index (χ1v) is 6.52. The smallest absolute Gasteiger partial charge is 0.275 e. The van der Waals surface area contributed by atoms with Crippen LogP contribution in [0.3, 0.4) is 0 Å². The number of ether oxygens (including phenoxy) is 2. The Labute approximate surface area is 115 Å². The van der Waals surface area contributed by atoms with Crippen molar-refractivity contribution in [1.82, 2.24) is 4.98 Å². The molecule has 0 atom stereocenters. The molecule has 5 nitrogen and oxygen atoms in total. The molecule has 1 heterocycles. The molecule has 1 amide bonds. The van der Waals surface area contributed by atoms with Gasteiger partial charge < -0.3 is 14.8 Å². The predicted molar refractivity (Wildman–Crippen MR) is 74.4 cm³/mol. The highest BCUT2D eigenvalue weighted by Gasteiger charge is 2.13. The molecule has 6 heteroatoms. The number of aromatic nitrogens is 1. The third kappa shape index (κ3) is 2.85. The zero-order valence-electron chi connectivity index (χ0n) is 10.9. The van der Waals surface area contributed by atoms with Crippen molar-refractivity contribution in [3.05, 3.63) is 34.3 Å². The average Bonchev–Trinajstić information content (AvgIpc) is 2.94. The number of amides is 1. The van der Waals surface area contributed by atoms with E-state index < -0.39 is 0 Å². The molecule has 0 aliphatic rings. The van der Waals surface area contributed by atoms with Crippen molar-refractivity contribution in [2.45, 2.75) is 6.92 Å². The molecule has 0 aliphatic carbocycles. The summed E-state index contributed by atoms with van der Waals surface area (Å²) in [6, 6.07) is 3.55. The first kappa shape index (κ1) is 13.4. The number of anilines is 1. The average molecular weight is 278 g/mol. The number of nitrogens with zero attached hydrogens (tertiary/aromatic N) is 1. The lowest BCUT2D eigenvalue weighted by molar-refractivity contribution is 0.102. The minimum Gasteiger partial charge on any atom is -0.493 e. The number of hydrogen-bond acceptors (Lipinski definition) is 5. The molecule has 1 aromatic heterocycles. The summed E-state index contributed by atoms with van der Waals surface area (Å²) < 4.78 is 10.4. The highest BCUT2D eigenvalue weighted by atomic mass is 32.1. The monoisotopic (exact) mass is 278 g/mol. The number of nitrogens with one attached hydrogen (secondary N) is 1. The molecule has 0 unspecified atom stereocenters. The van der Waals surface area contributed by atoms with Crippen LogP contribution in [0.4, 0.5) is 5.69 Å². The van der Waals surface area contributed by atoms with Gasteiger partial charge in [-0.05, 0) is 18.6 Å². The van der Waals surface area contributed by atoms with Crippen molar-refractivity contribution in [3.63, 3.8) is 0 Å². The quantitative estimate of drug-likeness (QED) is 0.934. The van der Waals surface area contributed by atoms with Gasteiger partial charge in [0.2, 0.25) is 0 Å². The van der Waals surface area contributed by atoms with Crippen molar-refractivity contribution >= 4 is 22.9 Å². The van der Waals surface area contributed by atoms with Crippen LogP contribution in [0.15, 0.2) is 23.0 Å². The van der Waals surface area contributed by atoms with Crippen molar-refractivity contribution in [2.75, 3.05) is 19.5 Å². The lowest BCUT2D eigenvalue weighted by Gasteiger charge is -2.13.